The Balaban J connectivity index is 3.57. The summed E-state index contributed by atoms with van der Waals surface area (Å²) in [6.45, 7) is 4.24. The van der Waals surface area contributed by atoms with Gasteiger partial charge in [-0.05, 0) is 19.3 Å². The van der Waals surface area contributed by atoms with E-state index in [0.29, 0.717) is 6.42 Å². The van der Waals surface area contributed by atoms with Gasteiger partial charge in [-0.15, -0.1) is 0 Å². The highest BCUT2D eigenvalue weighted by Crippen LogP contribution is 2.17. The van der Waals surface area contributed by atoms with Crippen LogP contribution in [0.25, 0.3) is 0 Å². The summed E-state index contributed by atoms with van der Waals surface area (Å²) in [6, 6.07) is -0.740. The fourth-order valence-electron chi connectivity index (χ4n) is 7.99. The van der Waals surface area contributed by atoms with E-state index >= 15 is 0 Å². The second kappa shape index (κ2) is 45.8. The Hall–Kier alpha value is -0.910. The maximum atomic E-state index is 12.5. The van der Waals surface area contributed by atoms with Gasteiger partial charge in [0.1, 0.15) is 0 Å². The van der Waals surface area contributed by atoms with Gasteiger partial charge in [0, 0.05) is 0 Å². The normalized spacial score (nSPS) is 13.5. The minimum absolute atomic E-state index is 0.0189. The van der Waals surface area contributed by atoms with Crippen molar-refractivity contribution in [2.24, 2.45) is 0 Å². The van der Waals surface area contributed by atoms with Gasteiger partial charge in [0.25, 0.3) is 0 Å². The van der Waals surface area contributed by atoms with Gasteiger partial charge in [-0.25, -0.2) is 0 Å². The van der Waals surface area contributed by atoms with Crippen molar-refractivity contribution in [1.82, 2.24) is 5.32 Å². The number of carbonyl (C=O) groups excluding carboxylic acids is 1. The number of amides is 1. The SMILES string of the molecule is CCCCCCCCCCCCCCCCCCCCCCCCC/C=C/C(O)C(CO)NC(=O)CC(O)CCCCCCCCCCCCCCCCC. The van der Waals surface area contributed by atoms with Gasteiger partial charge in [-0.3, -0.25) is 4.79 Å². The monoisotopic (exact) mass is 778 g/mol. The number of hydrogen-bond acceptors (Lipinski definition) is 4. The average molecular weight is 778 g/mol. The molecule has 0 bridgehead atoms. The summed E-state index contributed by atoms with van der Waals surface area (Å²) in [5.74, 6) is -0.310. The molecule has 5 heteroatoms. The van der Waals surface area contributed by atoms with E-state index in [1.807, 2.05) is 6.08 Å². The lowest BCUT2D eigenvalue weighted by Gasteiger charge is -2.21. The van der Waals surface area contributed by atoms with Crippen LogP contribution in [-0.2, 0) is 4.79 Å². The molecule has 0 radical (unpaired) electrons. The highest BCUT2D eigenvalue weighted by atomic mass is 16.3. The number of allylic oxidation sites excluding steroid dienone is 1. The van der Waals surface area contributed by atoms with Crippen molar-refractivity contribution in [3.8, 4) is 0 Å². The standard InChI is InChI=1S/C50H99NO4/c1-3-5-7-9-11-13-15-17-19-20-21-22-23-24-25-26-27-28-30-32-34-36-38-40-42-44-49(54)48(46-52)51-50(55)45-47(53)43-41-39-37-35-33-31-29-18-16-14-12-10-8-6-4-2/h42,44,47-49,52-54H,3-41,43,45-46H2,1-2H3,(H,51,55)/b44-42+. The molecule has 0 aliphatic rings. The second-order valence-electron chi connectivity index (χ2n) is 17.4. The molecule has 0 fully saturated rings. The first-order chi connectivity index (χ1) is 27.0. The minimum Gasteiger partial charge on any atom is -0.394 e. The Morgan fingerprint density at radius 1 is 0.455 bits per heavy atom. The summed E-state index contributed by atoms with van der Waals surface area (Å²) >= 11 is 0. The lowest BCUT2D eigenvalue weighted by molar-refractivity contribution is -0.124. The van der Waals surface area contributed by atoms with Gasteiger partial charge >= 0.3 is 0 Å². The van der Waals surface area contributed by atoms with E-state index in [0.717, 1.165) is 25.7 Å². The van der Waals surface area contributed by atoms with Gasteiger partial charge in [-0.2, -0.15) is 0 Å². The molecule has 0 saturated heterocycles. The van der Waals surface area contributed by atoms with Crippen molar-refractivity contribution in [1.29, 1.82) is 0 Å². The van der Waals surface area contributed by atoms with Crippen LogP contribution in [0.3, 0.4) is 0 Å². The van der Waals surface area contributed by atoms with Crippen LogP contribution in [-0.4, -0.2) is 46.1 Å². The first-order valence-electron chi connectivity index (χ1n) is 25.0. The number of aliphatic hydroxyl groups excluding tert-OH is 3. The summed E-state index contributed by atoms with van der Waals surface area (Å²) in [4.78, 5) is 12.5. The molecule has 0 aliphatic carbocycles. The van der Waals surface area contributed by atoms with Gasteiger partial charge < -0.3 is 20.6 Å². The number of hydrogen-bond donors (Lipinski definition) is 4. The molecule has 0 heterocycles. The maximum absolute atomic E-state index is 12.5. The fourth-order valence-corrected chi connectivity index (χ4v) is 7.99. The van der Waals surface area contributed by atoms with Crippen LogP contribution >= 0.6 is 0 Å². The summed E-state index contributed by atoms with van der Waals surface area (Å²) in [6.07, 6.45) is 55.2. The summed E-state index contributed by atoms with van der Waals surface area (Å²) in [7, 11) is 0. The molecule has 0 spiro atoms. The van der Waals surface area contributed by atoms with Gasteiger partial charge in [0.15, 0.2) is 0 Å². The van der Waals surface area contributed by atoms with E-state index in [1.54, 1.807) is 6.08 Å². The first-order valence-corrected chi connectivity index (χ1v) is 25.0. The molecule has 55 heavy (non-hydrogen) atoms. The van der Waals surface area contributed by atoms with Crippen molar-refractivity contribution in [2.45, 2.75) is 295 Å². The van der Waals surface area contributed by atoms with Crippen LogP contribution in [0.2, 0.25) is 0 Å². The molecule has 0 saturated carbocycles. The molecular weight excluding hydrogens is 679 g/mol. The molecule has 0 aromatic carbocycles. The van der Waals surface area contributed by atoms with E-state index < -0.39 is 18.2 Å². The topological polar surface area (TPSA) is 89.8 Å². The Morgan fingerprint density at radius 3 is 1.05 bits per heavy atom. The summed E-state index contributed by atoms with van der Waals surface area (Å²) < 4.78 is 0. The lowest BCUT2D eigenvalue weighted by Crippen LogP contribution is -2.45. The van der Waals surface area contributed by atoms with E-state index in [1.165, 1.54) is 225 Å². The van der Waals surface area contributed by atoms with Crippen LogP contribution in [0.5, 0.6) is 0 Å². The molecule has 1 amide bonds. The second-order valence-corrected chi connectivity index (χ2v) is 17.4. The predicted octanol–water partition coefficient (Wildman–Crippen LogP) is 14.8. The number of carbonyl (C=O) groups is 1. The number of nitrogens with one attached hydrogen (secondary N) is 1. The molecule has 0 rings (SSSR count). The van der Waals surface area contributed by atoms with Gasteiger partial charge in [0.05, 0.1) is 31.3 Å². The highest BCUT2D eigenvalue weighted by Gasteiger charge is 2.20. The first kappa shape index (κ1) is 54.1. The van der Waals surface area contributed by atoms with Crippen LogP contribution in [0.15, 0.2) is 12.2 Å². The third-order valence-corrected chi connectivity index (χ3v) is 11.8. The van der Waals surface area contributed by atoms with Crippen molar-refractivity contribution in [2.75, 3.05) is 6.61 Å². The van der Waals surface area contributed by atoms with Gasteiger partial charge in [0.2, 0.25) is 5.91 Å². The number of unbranched alkanes of at least 4 members (excludes halogenated alkanes) is 37. The highest BCUT2D eigenvalue weighted by molar-refractivity contribution is 5.76. The maximum Gasteiger partial charge on any atom is 0.222 e. The molecule has 328 valence electrons. The summed E-state index contributed by atoms with van der Waals surface area (Å²) in [5.41, 5.74) is 0. The molecule has 3 unspecified atom stereocenters. The largest absolute Gasteiger partial charge is 0.394 e. The van der Waals surface area contributed by atoms with Crippen LogP contribution in [0.1, 0.15) is 277 Å². The quantitative estimate of drug-likeness (QED) is 0.0366. The smallest absolute Gasteiger partial charge is 0.222 e. The zero-order valence-electron chi connectivity index (χ0n) is 37.3. The predicted molar refractivity (Wildman–Crippen MR) is 241 cm³/mol. The van der Waals surface area contributed by atoms with Crippen LogP contribution in [0.4, 0.5) is 0 Å². The lowest BCUT2D eigenvalue weighted by atomic mass is 10.0. The average Bonchev–Trinajstić information content (AvgIpc) is 3.18. The Morgan fingerprint density at radius 2 is 0.745 bits per heavy atom. The van der Waals surface area contributed by atoms with Gasteiger partial charge in [-0.1, -0.05) is 264 Å². The third kappa shape index (κ3) is 42.5. The van der Waals surface area contributed by atoms with E-state index in [2.05, 4.69) is 19.2 Å². The number of aliphatic hydroxyl groups is 3. The molecule has 3 atom stereocenters. The van der Waals surface area contributed by atoms with E-state index in [-0.39, 0.29) is 18.9 Å². The van der Waals surface area contributed by atoms with Crippen molar-refractivity contribution < 1.29 is 20.1 Å². The van der Waals surface area contributed by atoms with E-state index in [4.69, 9.17) is 0 Å². The van der Waals surface area contributed by atoms with E-state index in [9.17, 15) is 20.1 Å². The Bertz CT molecular complexity index is 773. The molecule has 4 N–H and O–H groups in total. The van der Waals surface area contributed by atoms with Crippen molar-refractivity contribution in [3.63, 3.8) is 0 Å². The third-order valence-electron chi connectivity index (χ3n) is 11.8. The summed E-state index contributed by atoms with van der Waals surface area (Å²) in [5, 5.41) is 33.3. The zero-order chi connectivity index (χ0) is 40.1. The Kier molecular flexibility index (Phi) is 45.0. The molecule has 5 nitrogen and oxygen atoms in total. The van der Waals surface area contributed by atoms with Crippen LogP contribution in [0, 0.1) is 0 Å². The van der Waals surface area contributed by atoms with Crippen molar-refractivity contribution in [3.05, 3.63) is 12.2 Å². The van der Waals surface area contributed by atoms with Crippen molar-refractivity contribution >= 4 is 5.91 Å². The molecular formula is C50H99NO4. The molecule has 0 aromatic heterocycles. The molecule has 0 aliphatic heterocycles. The minimum atomic E-state index is -0.925. The molecule has 0 aromatic rings. The zero-order valence-corrected chi connectivity index (χ0v) is 37.3. The number of rotatable bonds is 46. The Labute approximate surface area is 344 Å². The fraction of sp³-hybridized carbons (Fsp3) is 0.940. The van der Waals surface area contributed by atoms with Crippen LogP contribution < -0.4 is 5.32 Å².